The van der Waals surface area contributed by atoms with Gasteiger partial charge in [-0.3, -0.25) is 4.99 Å². The van der Waals surface area contributed by atoms with Gasteiger partial charge >= 0.3 is 0 Å². The highest BCUT2D eigenvalue weighted by atomic mass is 127. The normalized spacial score (nSPS) is 11.3. The van der Waals surface area contributed by atoms with E-state index in [1.165, 1.54) is 10.9 Å². The molecule has 0 bridgehead atoms. The fourth-order valence-electron chi connectivity index (χ4n) is 2.24. The Morgan fingerprint density at radius 1 is 1.27 bits per heavy atom. The predicted molar refractivity (Wildman–Crippen MR) is 107 cm³/mol. The molecule has 0 aliphatic rings. The first-order chi connectivity index (χ1) is 10.2. The van der Waals surface area contributed by atoms with Gasteiger partial charge in [0.2, 0.25) is 0 Å². The quantitative estimate of drug-likeness (QED) is 0.366. The summed E-state index contributed by atoms with van der Waals surface area (Å²) in [6, 6.07) is 5.93. The lowest BCUT2D eigenvalue weighted by Crippen LogP contribution is -2.38. The van der Waals surface area contributed by atoms with Crippen molar-refractivity contribution in [2.45, 2.75) is 26.7 Å². The molecule has 1 heterocycles. The average Bonchev–Trinajstić information content (AvgIpc) is 2.87. The monoisotopic (exact) mass is 434 g/mol. The molecule has 0 saturated heterocycles. The summed E-state index contributed by atoms with van der Waals surface area (Å²) in [7, 11) is 0. The lowest BCUT2D eigenvalue weighted by atomic mass is 10.1. The second kappa shape index (κ2) is 9.94. The van der Waals surface area contributed by atoms with Gasteiger partial charge in [-0.05, 0) is 43.5 Å². The first-order valence-electron chi connectivity index (χ1n) is 7.52. The maximum atomic E-state index is 6.07. The molecular weight excluding hydrogens is 411 g/mol. The van der Waals surface area contributed by atoms with Gasteiger partial charge < -0.3 is 15.6 Å². The Bertz CT molecular complexity index is 609. The van der Waals surface area contributed by atoms with E-state index in [0.29, 0.717) is 0 Å². The third-order valence-corrected chi connectivity index (χ3v) is 3.49. The van der Waals surface area contributed by atoms with Crippen LogP contribution < -0.4 is 10.6 Å². The molecule has 4 nitrogen and oxygen atoms in total. The minimum atomic E-state index is 0. The third-order valence-electron chi connectivity index (χ3n) is 3.25. The van der Waals surface area contributed by atoms with E-state index in [0.717, 1.165) is 49.0 Å². The summed E-state index contributed by atoms with van der Waals surface area (Å²) in [4.78, 5) is 7.77. The molecule has 0 atom stereocenters. The van der Waals surface area contributed by atoms with Crippen molar-refractivity contribution in [3.8, 4) is 0 Å². The van der Waals surface area contributed by atoms with Crippen LogP contribution in [0, 0.1) is 0 Å². The highest BCUT2D eigenvalue weighted by Gasteiger charge is 2.04. The largest absolute Gasteiger partial charge is 0.361 e. The average molecular weight is 435 g/mol. The molecule has 6 heteroatoms. The Morgan fingerprint density at radius 2 is 2.09 bits per heavy atom. The predicted octanol–water partition coefficient (Wildman–Crippen LogP) is 3.95. The van der Waals surface area contributed by atoms with Gasteiger partial charge in [0.25, 0.3) is 0 Å². The van der Waals surface area contributed by atoms with Crippen LogP contribution in [-0.4, -0.2) is 30.6 Å². The molecule has 0 fully saturated rings. The molecule has 1 aromatic heterocycles. The molecular formula is C16H24ClIN4. The van der Waals surface area contributed by atoms with Crippen molar-refractivity contribution >= 4 is 52.4 Å². The number of aromatic nitrogens is 1. The van der Waals surface area contributed by atoms with E-state index in [2.05, 4.69) is 40.7 Å². The lowest BCUT2D eigenvalue weighted by Gasteiger charge is -2.10. The van der Waals surface area contributed by atoms with Crippen LogP contribution in [0.2, 0.25) is 5.02 Å². The van der Waals surface area contributed by atoms with Crippen LogP contribution in [0.15, 0.2) is 29.4 Å². The van der Waals surface area contributed by atoms with Gasteiger partial charge in [-0.1, -0.05) is 18.5 Å². The standard InChI is InChI=1S/C16H23ClN4.HI/c1-3-8-19-16(18-4-2)20-9-7-12-11-21-15-6-5-13(17)10-14(12)15;/h5-6,10-11,21H,3-4,7-9H2,1-2H3,(H2,18,19,20);1H. The Balaban J connectivity index is 0.00000242. The molecule has 0 aliphatic carbocycles. The molecule has 22 heavy (non-hydrogen) atoms. The topological polar surface area (TPSA) is 52.2 Å². The molecule has 0 radical (unpaired) electrons. The smallest absolute Gasteiger partial charge is 0.191 e. The second-order valence-electron chi connectivity index (χ2n) is 4.94. The Morgan fingerprint density at radius 3 is 2.82 bits per heavy atom. The number of H-pyrrole nitrogens is 1. The highest BCUT2D eigenvalue weighted by Crippen LogP contribution is 2.22. The van der Waals surface area contributed by atoms with Gasteiger partial charge in [0.05, 0.1) is 0 Å². The van der Waals surface area contributed by atoms with Crippen molar-refractivity contribution in [2.75, 3.05) is 19.6 Å². The zero-order valence-electron chi connectivity index (χ0n) is 13.1. The van der Waals surface area contributed by atoms with Gasteiger partial charge in [0.1, 0.15) is 0 Å². The van der Waals surface area contributed by atoms with Crippen LogP contribution in [0.5, 0.6) is 0 Å². The van der Waals surface area contributed by atoms with Crippen molar-refractivity contribution < 1.29 is 0 Å². The third kappa shape index (κ3) is 5.35. The highest BCUT2D eigenvalue weighted by molar-refractivity contribution is 14.0. The van der Waals surface area contributed by atoms with E-state index < -0.39 is 0 Å². The number of halogens is 2. The minimum Gasteiger partial charge on any atom is -0.361 e. The molecule has 122 valence electrons. The SMILES string of the molecule is CCCN=C(NCC)NCCc1c[nH]c2ccc(Cl)cc12.I. The summed E-state index contributed by atoms with van der Waals surface area (Å²) in [5.74, 6) is 0.886. The van der Waals surface area contributed by atoms with Crippen molar-refractivity contribution in [1.29, 1.82) is 0 Å². The summed E-state index contributed by atoms with van der Waals surface area (Å²) in [6.07, 6.45) is 4.03. The maximum absolute atomic E-state index is 6.07. The van der Waals surface area contributed by atoms with E-state index in [1.54, 1.807) is 0 Å². The van der Waals surface area contributed by atoms with Crippen molar-refractivity contribution in [3.05, 3.63) is 35.0 Å². The molecule has 0 unspecified atom stereocenters. The molecule has 3 N–H and O–H groups in total. The molecule has 2 rings (SSSR count). The number of hydrogen-bond donors (Lipinski definition) is 3. The van der Waals surface area contributed by atoms with Gasteiger partial charge in [0, 0.05) is 41.8 Å². The number of benzene rings is 1. The number of fused-ring (bicyclic) bond motifs is 1. The van der Waals surface area contributed by atoms with E-state index >= 15 is 0 Å². The molecule has 0 aliphatic heterocycles. The van der Waals surface area contributed by atoms with Gasteiger partial charge in [-0.2, -0.15) is 0 Å². The molecule has 0 saturated carbocycles. The number of rotatable bonds is 6. The minimum absolute atomic E-state index is 0. The number of nitrogens with one attached hydrogen (secondary N) is 3. The second-order valence-corrected chi connectivity index (χ2v) is 5.38. The summed E-state index contributed by atoms with van der Waals surface area (Å²) in [5.41, 5.74) is 2.40. The molecule has 1 aromatic carbocycles. The fourth-order valence-corrected chi connectivity index (χ4v) is 2.41. The zero-order valence-corrected chi connectivity index (χ0v) is 16.2. The summed E-state index contributed by atoms with van der Waals surface area (Å²) < 4.78 is 0. The number of aromatic amines is 1. The Hall–Kier alpha value is -0.950. The van der Waals surface area contributed by atoms with Crippen LogP contribution in [0.25, 0.3) is 10.9 Å². The van der Waals surface area contributed by atoms with Crippen LogP contribution in [-0.2, 0) is 6.42 Å². The van der Waals surface area contributed by atoms with Gasteiger partial charge in [0.15, 0.2) is 5.96 Å². The van der Waals surface area contributed by atoms with Crippen LogP contribution in [0.3, 0.4) is 0 Å². The van der Waals surface area contributed by atoms with Crippen molar-refractivity contribution in [3.63, 3.8) is 0 Å². The first kappa shape index (κ1) is 19.1. The summed E-state index contributed by atoms with van der Waals surface area (Å²) in [6.45, 7) is 6.76. The lowest BCUT2D eigenvalue weighted by molar-refractivity contribution is 0.795. The van der Waals surface area contributed by atoms with Gasteiger partial charge in [-0.25, -0.2) is 0 Å². The van der Waals surface area contributed by atoms with E-state index in [4.69, 9.17) is 11.6 Å². The van der Waals surface area contributed by atoms with Crippen molar-refractivity contribution in [2.24, 2.45) is 4.99 Å². The number of guanidine groups is 1. The Labute approximate surface area is 154 Å². The fraction of sp³-hybridized carbons (Fsp3) is 0.438. The maximum Gasteiger partial charge on any atom is 0.191 e. The summed E-state index contributed by atoms with van der Waals surface area (Å²) >= 11 is 6.07. The number of hydrogen-bond acceptors (Lipinski definition) is 1. The zero-order chi connectivity index (χ0) is 15.1. The van der Waals surface area contributed by atoms with Crippen LogP contribution in [0.4, 0.5) is 0 Å². The molecule has 0 amide bonds. The number of nitrogens with zero attached hydrogens (tertiary/aromatic N) is 1. The van der Waals surface area contributed by atoms with Crippen LogP contribution in [0.1, 0.15) is 25.8 Å². The van der Waals surface area contributed by atoms with E-state index in [-0.39, 0.29) is 24.0 Å². The van der Waals surface area contributed by atoms with Gasteiger partial charge in [-0.15, -0.1) is 24.0 Å². The van der Waals surface area contributed by atoms with E-state index in [1.807, 2.05) is 18.2 Å². The summed E-state index contributed by atoms with van der Waals surface area (Å²) in [5, 5.41) is 8.59. The van der Waals surface area contributed by atoms with E-state index in [9.17, 15) is 0 Å². The molecule has 2 aromatic rings. The van der Waals surface area contributed by atoms with Crippen molar-refractivity contribution in [1.82, 2.24) is 15.6 Å². The number of aliphatic imine (C=N–C) groups is 1. The first-order valence-corrected chi connectivity index (χ1v) is 7.90. The molecule has 0 spiro atoms. The Kier molecular flexibility index (Phi) is 8.63. The van der Waals surface area contributed by atoms with Crippen LogP contribution >= 0.6 is 35.6 Å².